The minimum absolute atomic E-state index is 0.0180. The van der Waals surface area contributed by atoms with E-state index in [9.17, 15) is 4.39 Å². The van der Waals surface area contributed by atoms with Crippen LogP contribution in [-0.2, 0) is 18.4 Å². The average Bonchev–Trinajstić information content (AvgIpc) is 2.15. The lowest BCUT2D eigenvalue weighted by Crippen LogP contribution is -2.28. The molecule has 0 bridgehead atoms. The second kappa shape index (κ2) is 3.85. The summed E-state index contributed by atoms with van der Waals surface area (Å²) in [7, 11) is 2.09. The molecular formula is C14H20FN. The monoisotopic (exact) mass is 221 g/mol. The first-order chi connectivity index (χ1) is 7.38. The number of rotatable bonds is 0. The van der Waals surface area contributed by atoms with Crippen LogP contribution in [0, 0.1) is 5.82 Å². The third-order valence-electron chi connectivity index (χ3n) is 3.34. The van der Waals surface area contributed by atoms with Crippen LogP contribution < -0.4 is 0 Å². The van der Waals surface area contributed by atoms with Gasteiger partial charge in [0.2, 0.25) is 0 Å². The molecule has 0 aromatic heterocycles. The molecule has 2 heteroatoms. The summed E-state index contributed by atoms with van der Waals surface area (Å²) in [5.74, 6) is -0.0180. The molecule has 88 valence electrons. The molecule has 1 aromatic rings. The first-order valence-electron chi connectivity index (χ1n) is 5.88. The van der Waals surface area contributed by atoms with Gasteiger partial charge in [-0.3, -0.25) is 0 Å². The van der Waals surface area contributed by atoms with E-state index >= 15 is 0 Å². The molecule has 0 amide bonds. The molecule has 0 unspecified atom stereocenters. The average molecular weight is 221 g/mol. The van der Waals surface area contributed by atoms with Crippen LogP contribution in [0.4, 0.5) is 4.39 Å². The molecular weight excluding hydrogens is 201 g/mol. The second-order valence-electron chi connectivity index (χ2n) is 5.83. The highest BCUT2D eigenvalue weighted by Crippen LogP contribution is 2.29. The van der Waals surface area contributed by atoms with Gasteiger partial charge in [0.15, 0.2) is 0 Å². The lowest BCUT2D eigenvalue weighted by Gasteiger charge is -2.28. The Morgan fingerprint density at radius 3 is 2.56 bits per heavy atom. The summed E-state index contributed by atoms with van der Waals surface area (Å²) in [6.45, 7) is 8.21. The van der Waals surface area contributed by atoms with Gasteiger partial charge in [-0.25, -0.2) is 4.39 Å². The minimum Gasteiger partial charge on any atom is -0.302 e. The summed E-state index contributed by atoms with van der Waals surface area (Å²) in [5.41, 5.74) is 3.20. The number of halogens is 1. The molecule has 0 fully saturated rings. The van der Waals surface area contributed by atoms with Crippen LogP contribution in [0.5, 0.6) is 0 Å². The van der Waals surface area contributed by atoms with Crippen LogP contribution in [0.1, 0.15) is 37.5 Å². The van der Waals surface area contributed by atoms with Crippen molar-refractivity contribution in [1.82, 2.24) is 4.90 Å². The molecule has 1 nitrogen and oxygen atoms in total. The van der Waals surface area contributed by atoms with Gasteiger partial charge >= 0.3 is 0 Å². The lowest BCUT2D eigenvalue weighted by molar-refractivity contribution is 0.308. The Hall–Kier alpha value is -0.890. The normalized spacial score (nSPS) is 17.3. The molecule has 0 saturated carbocycles. The summed E-state index contributed by atoms with van der Waals surface area (Å²) >= 11 is 0. The zero-order valence-electron chi connectivity index (χ0n) is 10.6. The highest BCUT2D eigenvalue weighted by molar-refractivity contribution is 5.37. The highest BCUT2D eigenvalue weighted by atomic mass is 19.1. The van der Waals surface area contributed by atoms with Gasteiger partial charge in [-0.1, -0.05) is 26.8 Å². The van der Waals surface area contributed by atoms with Gasteiger partial charge in [-0.05, 0) is 41.6 Å². The van der Waals surface area contributed by atoms with E-state index in [4.69, 9.17) is 0 Å². The Kier molecular flexibility index (Phi) is 2.79. The van der Waals surface area contributed by atoms with Crippen molar-refractivity contribution in [3.05, 3.63) is 34.6 Å². The van der Waals surface area contributed by atoms with Crippen molar-refractivity contribution in [1.29, 1.82) is 0 Å². The number of benzene rings is 1. The highest BCUT2D eigenvalue weighted by Gasteiger charge is 2.21. The van der Waals surface area contributed by atoms with Crippen molar-refractivity contribution in [2.75, 3.05) is 13.6 Å². The fourth-order valence-corrected chi connectivity index (χ4v) is 2.22. The maximum absolute atomic E-state index is 14.0. The van der Waals surface area contributed by atoms with E-state index in [0.29, 0.717) is 0 Å². The Morgan fingerprint density at radius 2 is 1.94 bits per heavy atom. The number of likely N-dealkylation sites (N-methyl/N-ethyl adjacent to an activating group) is 1. The van der Waals surface area contributed by atoms with Crippen LogP contribution in [0.15, 0.2) is 12.1 Å². The van der Waals surface area contributed by atoms with Crippen molar-refractivity contribution in [3.8, 4) is 0 Å². The van der Waals surface area contributed by atoms with Crippen molar-refractivity contribution in [3.63, 3.8) is 0 Å². The zero-order valence-corrected chi connectivity index (χ0v) is 10.6. The molecule has 16 heavy (non-hydrogen) atoms. The van der Waals surface area contributed by atoms with Crippen molar-refractivity contribution in [2.45, 2.75) is 39.2 Å². The predicted octanol–water partition coefficient (Wildman–Crippen LogP) is 3.11. The van der Waals surface area contributed by atoms with Gasteiger partial charge in [-0.15, -0.1) is 0 Å². The van der Waals surface area contributed by atoms with Gasteiger partial charge in [0.1, 0.15) is 5.82 Å². The van der Waals surface area contributed by atoms with Crippen LogP contribution in [-0.4, -0.2) is 18.5 Å². The van der Waals surface area contributed by atoms with Crippen LogP contribution in [0.2, 0.25) is 0 Å². The second-order valence-corrected chi connectivity index (χ2v) is 5.83. The predicted molar refractivity (Wildman–Crippen MR) is 65.1 cm³/mol. The zero-order chi connectivity index (χ0) is 11.9. The Bertz CT molecular complexity index is 404. The smallest absolute Gasteiger partial charge is 0.127 e. The van der Waals surface area contributed by atoms with Crippen molar-refractivity contribution >= 4 is 0 Å². The molecule has 0 radical (unpaired) electrons. The quantitative estimate of drug-likeness (QED) is 0.650. The van der Waals surface area contributed by atoms with Gasteiger partial charge < -0.3 is 4.90 Å². The van der Waals surface area contributed by atoms with Gasteiger partial charge in [0.25, 0.3) is 0 Å². The molecule has 0 N–H and O–H groups in total. The summed E-state index contributed by atoms with van der Waals surface area (Å²) in [6, 6.07) is 3.89. The summed E-state index contributed by atoms with van der Waals surface area (Å²) < 4.78 is 14.0. The third kappa shape index (κ3) is 2.12. The SMILES string of the molecule is CN1CCc2c(F)cc(C(C)(C)C)cc2C1. The Balaban J connectivity index is 2.48. The molecule has 1 aromatic carbocycles. The molecule has 0 saturated heterocycles. The van der Waals surface area contributed by atoms with E-state index in [1.807, 2.05) is 0 Å². The minimum atomic E-state index is -0.0180. The number of nitrogens with zero attached hydrogens (tertiary/aromatic N) is 1. The maximum Gasteiger partial charge on any atom is 0.127 e. The Morgan fingerprint density at radius 1 is 1.25 bits per heavy atom. The van der Waals surface area contributed by atoms with E-state index < -0.39 is 0 Å². The number of hydrogen-bond acceptors (Lipinski definition) is 1. The van der Waals surface area contributed by atoms with E-state index in [1.54, 1.807) is 6.07 Å². The summed E-state index contributed by atoms with van der Waals surface area (Å²) in [5, 5.41) is 0. The molecule has 2 rings (SSSR count). The first-order valence-corrected chi connectivity index (χ1v) is 5.88. The van der Waals surface area contributed by atoms with Crippen LogP contribution in [0.25, 0.3) is 0 Å². The standard InChI is InChI=1S/C14H20FN/c1-14(2,3)11-7-10-9-16(4)6-5-12(10)13(15)8-11/h7-8H,5-6,9H2,1-4H3. The van der Waals surface area contributed by atoms with Gasteiger partial charge in [0, 0.05) is 13.1 Å². The third-order valence-corrected chi connectivity index (χ3v) is 3.34. The van der Waals surface area contributed by atoms with Crippen molar-refractivity contribution in [2.24, 2.45) is 0 Å². The molecule has 1 aliphatic heterocycles. The molecule has 1 heterocycles. The molecule has 0 aliphatic carbocycles. The maximum atomic E-state index is 14.0. The molecule has 1 aliphatic rings. The fraction of sp³-hybridized carbons (Fsp3) is 0.571. The largest absolute Gasteiger partial charge is 0.302 e. The number of hydrogen-bond donors (Lipinski definition) is 0. The van der Waals surface area contributed by atoms with Gasteiger partial charge in [-0.2, -0.15) is 0 Å². The van der Waals surface area contributed by atoms with E-state index in [2.05, 4.69) is 38.8 Å². The first kappa shape index (κ1) is 11.6. The van der Waals surface area contributed by atoms with E-state index in [1.165, 1.54) is 5.56 Å². The molecule has 0 spiro atoms. The lowest BCUT2D eigenvalue weighted by atomic mass is 9.84. The van der Waals surface area contributed by atoms with E-state index in [-0.39, 0.29) is 11.2 Å². The number of fused-ring (bicyclic) bond motifs is 1. The summed E-state index contributed by atoms with van der Waals surface area (Å²) in [6.07, 6.45) is 0.835. The summed E-state index contributed by atoms with van der Waals surface area (Å²) in [4.78, 5) is 2.24. The topological polar surface area (TPSA) is 3.24 Å². The fourth-order valence-electron chi connectivity index (χ4n) is 2.22. The van der Waals surface area contributed by atoms with E-state index in [0.717, 1.165) is 30.6 Å². The van der Waals surface area contributed by atoms with Gasteiger partial charge in [0.05, 0.1) is 0 Å². The van der Waals surface area contributed by atoms with Crippen molar-refractivity contribution < 1.29 is 4.39 Å². The van der Waals surface area contributed by atoms with Crippen LogP contribution >= 0.6 is 0 Å². The Labute approximate surface area is 97.3 Å². The molecule has 0 atom stereocenters. The van der Waals surface area contributed by atoms with Crippen LogP contribution in [0.3, 0.4) is 0 Å².